The highest BCUT2D eigenvalue weighted by molar-refractivity contribution is 5.84. The Morgan fingerprint density at radius 1 is 1.36 bits per heavy atom. The number of aromatic nitrogens is 5. The van der Waals surface area contributed by atoms with E-state index in [9.17, 15) is 0 Å². The highest BCUT2D eigenvalue weighted by atomic mass is 15.2. The molecular formula is C15H19N7. The number of likely N-dealkylation sites (tertiary alicyclic amines) is 1. The average molecular weight is 297 g/mol. The number of fused-ring (bicyclic) bond motifs is 1. The Morgan fingerprint density at radius 3 is 3.14 bits per heavy atom. The number of nitrogens with two attached hydrogens (primary N) is 1. The molecule has 0 bridgehead atoms. The van der Waals surface area contributed by atoms with Crippen LogP contribution < -0.4 is 5.73 Å². The SMILES string of the molecule is NC1CCCN(Cc2[nH]nc3cnc(-c4cn[nH]c4)cc23)C1. The third kappa shape index (κ3) is 2.49. The number of hydrogen-bond acceptors (Lipinski definition) is 5. The second-order valence-electron chi connectivity index (χ2n) is 5.91. The van der Waals surface area contributed by atoms with Crippen LogP contribution in [0.5, 0.6) is 0 Å². The lowest BCUT2D eigenvalue weighted by Gasteiger charge is -2.30. The molecule has 1 aliphatic heterocycles. The molecule has 0 aromatic carbocycles. The van der Waals surface area contributed by atoms with Crippen LogP contribution in [0.25, 0.3) is 22.2 Å². The first kappa shape index (κ1) is 13.4. The fourth-order valence-corrected chi connectivity index (χ4v) is 3.09. The van der Waals surface area contributed by atoms with E-state index in [-0.39, 0.29) is 6.04 Å². The normalized spacial score (nSPS) is 19.8. The van der Waals surface area contributed by atoms with Crippen LogP contribution in [-0.4, -0.2) is 49.4 Å². The second-order valence-corrected chi connectivity index (χ2v) is 5.91. The molecule has 1 aliphatic rings. The zero-order valence-corrected chi connectivity index (χ0v) is 12.3. The van der Waals surface area contributed by atoms with Crippen molar-refractivity contribution >= 4 is 10.9 Å². The fraction of sp³-hybridized carbons (Fsp3) is 0.400. The maximum absolute atomic E-state index is 6.07. The number of aromatic amines is 2. The van der Waals surface area contributed by atoms with E-state index in [0.29, 0.717) is 0 Å². The summed E-state index contributed by atoms with van der Waals surface area (Å²) in [5.74, 6) is 0. The van der Waals surface area contributed by atoms with Gasteiger partial charge < -0.3 is 5.73 Å². The van der Waals surface area contributed by atoms with Gasteiger partial charge in [-0.05, 0) is 25.5 Å². The minimum absolute atomic E-state index is 0.283. The van der Waals surface area contributed by atoms with Gasteiger partial charge in [0.1, 0.15) is 5.52 Å². The van der Waals surface area contributed by atoms with Gasteiger partial charge in [0, 0.05) is 36.3 Å². The van der Waals surface area contributed by atoms with Crippen LogP contribution in [0.1, 0.15) is 18.5 Å². The van der Waals surface area contributed by atoms with E-state index in [4.69, 9.17) is 5.73 Å². The van der Waals surface area contributed by atoms with Gasteiger partial charge >= 0.3 is 0 Å². The lowest BCUT2D eigenvalue weighted by molar-refractivity contribution is 0.200. The van der Waals surface area contributed by atoms with E-state index < -0.39 is 0 Å². The Labute approximate surface area is 127 Å². The molecule has 0 spiro atoms. The van der Waals surface area contributed by atoms with Gasteiger partial charge in [-0.3, -0.25) is 20.1 Å². The molecule has 3 aromatic rings. The molecule has 4 rings (SSSR count). The third-order valence-electron chi connectivity index (χ3n) is 4.24. The van der Waals surface area contributed by atoms with Crippen molar-refractivity contribution in [3.63, 3.8) is 0 Å². The van der Waals surface area contributed by atoms with E-state index in [1.807, 2.05) is 6.20 Å². The summed E-state index contributed by atoms with van der Waals surface area (Å²) >= 11 is 0. The first-order valence-corrected chi connectivity index (χ1v) is 7.59. The Hall–Kier alpha value is -2.25. The Kier molecular flexibility index (Phi) is 3.36. The van der Waals surface area contributed by atoms with E-state index in [1.165, 1.54) is 0 Å². The van der Waals surface area contributed by atoms with Gasteiger partial charge in [0.05, 0.1) is 23.8 Å². The van der Waals surface area contributed by atoms with Crippen molar-refractivity contribution in [3.05, 3.63) is 30.4 Å². The molecule has 3 aromatic heterocycles. The first-order valence-electron chi connectivity index (χ1n) is 7.59. The number of hydrogen-bond donors (Lipinski definition) is 3. The standard InChI is InChI=1S/C15H19N7/c16-11-2-1-3-22(8-11)9-15-12-4-13(10-5-18-19-6-10)17-7-14(12)20-21-15/h4-7,11H,1-3,8-9,16H2,(H,18,19)(H,20,21). The topological polar surface area (TPSA) is 99.5 Å². The van der Waals surface area contributed by atoms with Crippen molar-refractivity contribution < 1.29 is 0 Å². The van der Waals surface area contributed by atoms with Crippen LogP contribution in [-0.2, 0) is 6.54 Å². The molecule has 7 heteroatoms. The average Bonchev–Trinajstić information content (AvgIpc) is 3.17. The third-order valence-corrected chi connectivity index (χ3v) is 4.24. The lowest BCUT2D eigenvalue weighted by Crippen LogP contribution is -2.42. The number of piperidine rings is 1. The Balaban J connectivity index is 1.64. The molecule has 1 atom stereocenters. The van der Waals surface area contributed by atoms with Crippen molar-refractivity contribution in [3.8, 4) is 11.3 Å². The summed E-state index contributed by atoms with van der Waals surface area (Å²) < 4.78 is 0. The molecule has 0 amide bonds. The van der Waals surface area contributed by atoms with Crippen molar-refractivity contribution in [2.45, 2.75) is 25.4 Å². The van der Waals surface area contributed by atoms with Gasteiger partial charge in [-0.1, -0.05) is 0 Å². The highest BCUT2D eigenvalue weighted by Gasteiger charge is 2.18. The number of nitrogens with zero attached hydrogens (tertiary/aromatic N) is 4. The minimum atomic E-state index is 0.283. The Morgan fingerprint density at radius 2 is 2.32 bits per heavy atom. The van der Waals surface area contributed by atoms with E-state index in [2.05, 4.69) is 36.3 Å². The summed E-state index contributed by atoms with van der Waals surface area (Å²) in [6.07, 6.45) is 7.71. The van der Waals surface area contributed by atoms with Gasteiger partial charge in [0.2, 0.25) is 0 Å². The van der Waals surface area contributed by atoms with Gasteiger partial charge in [-0.2, -0.15) is 10.2 Å². The van der Waals surface area contributed by atoms with Crippen LogP contribution in [0.15, 0.2) is 24.7 Å². The zero-order valence-electron chi connectivity index (χ0n) is 12.3. The molecule has 1 unspecified atom stereocenters. The maximum atomic E-state index is 6.07. The predicted molar refractivity (Wildman–Crippen MR) is 84.0 cm³/mol. The van der Waals surface area contributed by atoms with Gasteiger partial charge in [0.25, 0.3) is 0 Å². The van der Waals surface area contributed by atoms with Crippen LogP contribution in [0, 0.1) is 0 Å². The predicted octanol–water partition coefficient (Wildman–Crippen LogP) is 1.27. The quantitative estimate of drug-likeness (QED) is 0.676. The Bertz CT molecular complexity index is 761. The second kappa shape index (κ2) is 5.51. The fourth-order valence-electron chi connectivity index (χ4n) is 3.09. The lowest BCUT2D eigenvalue weighted by atomic mass is 10.1. The maximum Gasteiger partial charge on any atom is 0.111 e. The first-order chi connectivity index (χ1) is 10.8. The highest BCUT2D eigenvalue weighted by Crippen LogP contribution is 2.23. The smallest absolute Gasteiger partial charge is 0.111 e. The molecule has 4 heterocycles. The van der Waals surface area contributed by atoms with Crippen molar-refractivity contribution in [1.29, 1.82) is 0 Å². The van der Waals surface area contributed by atoms with Gasteiger partial charge in [-0.25, -0.2) is 0 Å². The molecule has 0 aliphatic carbocycles. The number of pyridine rings is 1. The molecule has 0 saturated carbocycles. The van der Waals surface area contributed by atoms with Crippen molar-refractivity contribution in [1.82, 2.24) is 30.3 Å². The monoisotopic (exact) mass is 297 g/mol. The summed E-state index contributed by atoms with van der Waals surface area (Å²) in [5.41, 5.74) is 9.96. The molecule has 1 fully saturated rings. The molecular weight excluding hydrogens is 278 g/mol. The summed E-state index contributed by atoms with van der Waals surface area (Å²) in [5, 5.41) is 15.4. The molecule has 4 N–H and O–H groups in total. The zero-order chi connectivity index (χ0) is 14.9. The summed E-state index contributed by atoms with van der Waals surface area (Å²) in [7, 11) is 0. The van der Waals surface area contributed by atoms with Gasteiger partial charge in [0.15, 0.2) is 0 Å². The van der Waals surface area contributed by atoms with Crippen molar-refractivity contribution in [2.24, 2.45) is 5.73 Å². The summed E-state index contributed by atoms with van der Waals surface area (Å²) in [6, 6.07) is 2.36. The van der Waals surface area contributed by atoms with Crippen LogP contribution in [0.4, 0.5) is 0 Å². The van der Waals surface area contributed by atoms with E-state index >= 15 is 0 Å². The summed E-state index contributed by atoms with van der Waals surface area (Å²) in [4.78, 5) is 6.83. The van der Waals surface area contributed by atoms with E-state index in [1.54, 1.807) is 12.4 Å². The molecule has 7 nitrogen and oxygen atoms in total. The van der Waals surface area contributed by atoms with Crippen LogP contribution >= 0.6 is 0 Å². The summed E-state index contributed by atoms with van der Waals surface area (Å²) in [6.45, 7) is 2.88. The minimum Gasteiger partial charge on any atom is -0.327 e. The van der Waals surface area contributed by atoms with Gasteiger partial charge in [-0.15, -0.1) is 0 Å². The number of H-pyrrole nitrogens is 2. The van der Waals surface area contributed by atoms with Crippen LogP contribution in [0.3, 0.4) is 0 Å². The molecule has 114 valence electrons. The number of nitrogens with one attached hydrogen (secondary N) is 2. The number of rotatable bonds is 3. The largest absolute Gasteiger partial charge is 0.327 e. The molecule has 22 heavy (non-hydrogen) atoms. The van der Waals surface area contributed by atoms with E-state index in [0.717, 1.165) is 60.3 Å². The van der Waals surface area contributed by atoms with Crippen molar-refractivity contribution in [2.75, 3.05) is 13.1 Å². The molecule has 1 saturated heterocycles. The van der Waals surface area contributed by atoms with Crippen LogP contribution in [0.2, 0.25) is 0 Å². The molecule has 0 radical (unpaired) electrons.